The number of hydrogen-bond donors (Lipinski definition) is 1. The smallest absolute Gasteiger partial charge is 0.144 e. The summed E-state index contributed by atoms with van der Waals surface area (Å²) in [5.41, 5.74) is 1.12. The van der Waals surface area contributed by atoms with Crippen molar-refractivity contribution >= 4 is 33.5 Å². The van der Waals surface area contributed by atoms with Crippen LogP contribution in [0, 0.1) is 0 Å². The predicted octanol–water partition coefficient (Wildman–Crippen LogP) is 4.54. The first kappa shape index (κ1) is 15.1. The highest BCUT2D eigenvalue weighted by atomic mass is 79.9. The molecule has 1 fully saturated rings. The predicted molar refractivity (Wildman–Crippen MR) is 87.0 cm³/mol. The van der Waals surface area contributed by atoms with Crippen LogP contribution in [0.1, 0.15) is 57.3 Å². The molecule has 1 aliphatic rings. The molecule has 1 atom stereocenters. The SMILES string of the molecule is CCNc1nc(C2CCCS2)nc(C(C)(C)C)c1Br. The highest BCUT2D eigenvalue weighted by Crippen LogP contribution is 2.41. The molecule has 0 aromatic carbocycles. The first-order valence-electron chi connectivity index (χ1n) is 6.87. The lowest BCUT2D eigenvalue weighted by Gasteiger charge is -2.23. The minimum atomic E-state index is 0.0178. The summed E-state index contributed by atoms with van der Waals surface area (Å²) in [5, 5.41) is 3.81. The van der Waals surface area contributed by atoms with Crippen LogP contribution < -0.4 is 5.32 Å². The topological polar surface area (TPSA) is 37.8 Å². The molecule has 1 unspecified atom stereocenters. The molecule has 1 N–H and O–H groups in total. The molecule has 1 aliphatic heterocycles. The van der Waals surface area contributed by atoms with Crippen molar-refractivity contribution in [1.29, 1.82) is 0 Å². The summed E-state index contributed by atoms with van der Waals surface area (Å²) in [6.07, 6.45) is 2.47. The summed E-state index contributed by atoms with van der Waals surface area (Å²) in [6, 6.07) is 0. The van der Waals surface area contributed by atoms with Gasteiger partial charge in [-0.3, -0.25) is 0 Å². The maximum atomic E-state index is 4.85. The Balaban J connectivity index is 2.47. The van der Waals surface area contributed by atoms with Crippen molar-refractivity contribution in [3.8, 4) is 0 Å². The van der Waals surface area contributed by atoms with Gasteiger partial charge in [-0.2, -0.15) is 11.8 Å². The average molecular weight is 344 g/mol. The molecule has 19 heavy (non-hydrogen) atoms. The van der Waals surface area contributed by atoms with Crippen LogP contribution in [0.25, 0.3) is 0 Å². The van der Waals surface area contributed by atoms with E-state index in [9.17, 15) is 0 Å². The average Bonchev–Trinajstić information content (AvgIpc) is 2.84. The Morgan fingerprint density at radius 3 is 2.63 bits per heavy atom. The van der Waals surface area contributed by atoms with Gasteiger partial charge in [-0.1, -0.05) is 20.8 Å². The van der Waals surface area contributed by atoms with Gasteiger partial charge in [0.1, 0.15) is 11.6 Å². The van der Waals surface area contributed by atoms with Crippen LogP contribution in [0.4, 0.5) is 5.82 Å². The van der Waals surface area contributed by atoms with E-state index in [-0.39, 0.29) is 5.41 Å². The second kappa shape index (κ2) is 6.00. The summed E-state index contributed by atoms with van der Waals surface area (Å²) in [7, 11) is 0. The third-order valence-corrected chi connectivity index (χ3v) is 5.27. The standard InChI is InChI=1S/C14H22BrN3S/c1-5-16-13-10(15)11(14(2,3)4)17-12(18-13)9-7-6-8-19-9/h9H,5-8H2,1-4H3,(H,16,17,18). The molecule has 2 rings (SSSR count). The summed E-state index contributed by atoms with van der Waals surface area (Å²) >= 11 is 5.65. The van der Waals surface area contributed by atoms with E-state index in [2.05, 4.69) is 48.9 Å². The van der Waals surface area contributed by atoms with Gasteiger partial charge in [-0.25, -0.2) is 9.97 Å². The number of hydrogen-bond acceptors (Lipinski definition) is 4. The fraction of sp³-hybridized carbons (Fsp3) is 0.714. The third kappa shape index (κ3) is 3.43. The van der Waals surface area contributed by atoms with Gasteiger partial charge >= 0.3 is 0 Å². The van der Waals surface area contributed by atoms with Gasteiger partial charge in [0.05, 0.1) is 15.4 Å². The molecule has 0 bridgehead atoms. The second-order valence-electron chi connectivity index (χ2n) is 5.87. The van der Waals surface area contributed by atoms with Gasteiger partial charge in [0, 0.05) is 12.0 Å². The van der Waals surface area contributed by atoms with E-state index in [1.54, 1.807) is 0 Å². The van der Waals surface area contributed by atoms with Gasteiger partial charge in [0.25, 0.3) is 0 Å². The van der Waals surface area contributed by atoms with Crippen molar-refractivity contribution in [2.24, 2.45) is 0 Å². The third-order valence-electron chi connectivity index (χ3n) is 3.14. The molecule has 0 spiro atoms. The van der Waals surface area contributed by atoms with E-state index in [4.69, 9.17) is 9.97 Å². The Morgan fingerprint density at radius 1 is 1.37 bits per heavy atom. The number of nitrogens with one attached hydrogen (secondary N) is 1. The number of aromatic nitrogens is 2. The molecule has 0 aliphatic carbocycles. The van der Waals surface area contributed by atoms with E-state index in [0.717, 1.165) is 28.4 Å². The first-order valence-corrected chi connectivity index (χ1v) is 8.71. The number of anilines is 1. The highest BCUT2D eigenvalue weighted by molar-refractivity contribution is 9.10. The van der Waals surface area contributed by atoms with Crippen molar-refractivity contribution in [2.75, 3.05) is 17.6 Å². The zero-order valence-corrected chi connectivity index (χ0v) is 14.5. The van der Waals surface area contributed by atoms with Crippen molar-refractivity contribution in [1.82, 2.24) is 9.97 Å². The number of thioether (sulfide) groups is 1. The van der Waals surface area contributed by atoms with Crippen molar-refractivity contribution < 1.29 is 0 Å². The van der Waals surface area contributed by atoms with E-state index < -0.39 is 0 Å². The van der Waals surface area contributed by atoms with Crippen molar-refractivity contribution in [3.05, 3.63) is 16.0 Å². The Morgan fingerprint density at radius 2 is 2.11 bits per heavy atom. The summed E-state index contributed by atoms with van der Waals surface area (Å²) in [5.74, 6) is 3.15. The maximum Gasteiger partial charge on any atom is 0.144 e. The van der Waals surface area contributed by atoms with Crippen LogP contribution in [-0.2, 0) is 5.41 Å². The van der Waals surface area contributed by atoms with E-state index >= 15 is 0 Å². The molecular weight excluding hydrogens is 322 g/mol. The highest BCUT2D eigenvalue weighted by Gasteiger charge is 2.27. The minimum Gasteiger partial charge on any atom is -0.369 e. The van der Waals surface area contributed by atoms with Crippen LogP contribution in [0.15, 0.2) is 4.47 Å². The maximum absolute atomic E-state index is 4.85. The summed E-state index contributed by atoms with van der Waals surface area (Å²) in [6.45, 7) is 9.55. The van der Waals surface area contributed by atoms with Crippen LogP contribution in [0.5, 0.6) is 0 Å². The zero-order chi connectivity index (χ0) is 14.0. The molecule has 1 saturated heterocycles. The molecule has 0 saturated carbocycles. The summed E-state index contributed by atoms with van der Waals surface area (Å²) in [4.78, 5) is 9.58. The Kier molecular flexibility index (Phi) is 4.77. The molecule has 0 radical (unpaired) electrons. The largest absolute Gasteiger partial charge is 0.369 e. The zero-order valence-electron chi connectivity index (χ0n) is 12.1. The molecule has 1 aromatic rings. The van der Waals surface area contributed by atoms with E-state index in [1.165, 1.54) is 18.6 Å². The van der Waals surface area contributed by atoms with Gasteiger partial charge in [-0.15, -0.1) is 0 Å². The lowest BCUT2D eigenvalue weighted by atomic mass is 9.91. The van der Waals surface area contributed by atoms with Gasteiger partial charge in [-0.05, 0) is 41.4 Å². The van der Waals surface area contributed by atoms with Crippen LogP contribution >= 0.6 is 27.7 Å². The lowest BCUT2D eigenvalue weighted by Crippen LogP contribution is -2.19. The molecule has 5 heteroatoms. The molecule has 1 aromatic heterocycles. The van der Waals surface area contributed by atoms with Crippen molar-refractivity contribution in [2.45, 2.75) is 51.2 Å². The number of halogens is 1. The van der Waals surface area contributed by atoms with Crippen LogP contribution in [0.3, 0.4) is 0 Å². The Bertz CT molecular complexity index is 451. The van der Waals surface area contributed by atoms with Gasteiger partial charge < -0.3 is 5.32 Å². The Labute approximate surface area is 128 Å². The fourth-order valence-electron chi connectivity index (χ4n) is 2.17. The molecule has 106 valence electrons. The lowest BCUT2D eigenvalue weighted by molar-refractivity contribution is 0.557. The van der Waals surface area contributed by atoms with Gasteiger partial charge in [0.2, 0.25) is 0 Å². The summed E-state index contributed by atoms with van der Waals surface area (Å²) < 4.78 is 1.01. The minimum absolute atomic E-state index is 0.0178. The van der Waals surface area contributed by atoms with Crippen molar-refractivity contribution in [3.63, 3.8) is 0 Å². The number of rotatable bonds is 3. The monoisotopic (exact) mass is 343 g/mol. The second-order valence-corrected chi connectivity index (χ2v) is 7.98. The quantitative estimate of drug-likeness (QED) is 0.874. The normalized spacial score (nSPS) is 19.7. The van der Waals surface area contributed by atoms with E-state index in [1.807, 2.05) is 11.8 Å². The number of nitrogens with zero attached hydrogens (tertiary/aromatic N) is 2. The fourth-order valence-corrected chi connectivity index (χ4v) is 4.29. The molecular formula is C14H22BrN3S. The van der Waals surface area contributed by atoms with Gasteiger partial charge in [0.15, 0.2) is 0 Å². The molecule has 3 nitrogen and oxygen atoms in total. The van der Waals surface area contributed by atoms with Crippen LogP contribution in [-0.4, -0.2) is 22.3 Å². The molecule has 0 amide bonds. The first-order chi connectivity index (χ1) is 8.93. The molecule has 2 heterocycles. The van der Waals surface area contributed by atoms with E-state index in [0.29, 0.717) is 5.25 Å². The Hall–Kier alpha value is -0.290. The van der Waals surface area contributed by atoms with Crippen LogP contribution in [0.2, 0.25) is 0 Å².